The van der Waals surface area contributed by atoms with E-state index in [0.717, 1.165) is 5.69 Å². The number of rotatable bonds is 5. The maximum atomic E-state index is 12.9. The van der Waals surface area contributed by atoms with Gasteiger partial charge in [0.2, 0.25) is 15.9 Å². The van der Waals surface area contributed by atoms with Crippen molar-refractivity contribution in [3.8, 4) is 0 Å². The van der Waals surface area contributed by atoms with Crippen LogP contribution in [0.15, 0.2) is 53.7 Å². The zero-order valence-electron chi connectivity index (χ0n) is 15.7. The Morgan fingerprint density at radius 2 is 1.90 bits per heavy atom. The predicted octanol–water partition coefficient (Wildman–Crippen LogP) is 0.903. The van der Waals surface area contributed by atoms with E-state index in [1.54, 1.807) is 18.2 Å². The van der Waals surface area contributed by atoms with Gasteiger partial charge in [-0.2, -0.15) is 9.40 Å². The summed E-state index contributed by atoms with van der Waals surface area (Å²) in [5.74, 6) is -1.08. The molecule has 4 N–H and O–H groups in total. The lowest BCUT2D eigenvalue weighted by molar-refractivity contribution is 0.0977. The summed E-state index contributed by atoms with van der Waals surface area (Å²) in [7, 11) is -3.74. The molecule has 0 saturated heterocycles. The Bertz CT molecular complexity index is 1220. The molecule has 0 atom stereocenters. The quantitative estimate of drug-likeness (QED) is 0.551. The monoisotopic (exact) mass is 426 g/mol. The van der Waals surface area contributed by atoms with Crippen LogP contribution in [-0.4, -0.2) is 46.3 Å². The molecule has 0 radical (unpaired) electrons. The third-order valence-corrected chi connectivity index (χ3v) is 6.67. The van der Waals surface area contributed by atoms with Crippen molar-refractivity contribution in [2.75, 3.05) is 11.9 Å². The van der Waals surface area contributed by atoms with Crippen molar-refractivity contribution in [1.29, 1.82) is 0 Å². The second kappa shape index (κ2) is 7.69. The number of aromatic amines is 1. The van der Waals surface area contributed by atoms with Gasteiger partial charge in [0.15, 0.2) is 5.82 Å². The number of H-pyrrole nitrogens is 1. The van der Waals surface area contributed by atoms with Crippen LogP contribution < -0.4 is 11.1 Å². The lowest BCUT2D eigenvalue weighted by Crippen LogP contribution is -2.36. The molecular weight excluding hydrogens is 408 g/mol. The minimum Gasteiger partial charge on any atom is -0.366 e. The number of aromatic nitrogens is 3. The fourth-order valence-corrected chi connectivity index (χ4v) is 4.67. The molecule has 154 valence electrons. The third-order valence-electron chi connectivity index (χ3n) is 4.84. The molecule has 0 bridgehead atoms. The lowest BCUT2D eigenvalue weighted by Gasteiger charge is -2.26. The Hall–Kier alpha value is -3.57. The van der Waals surface area contributed by atoms with Gasteiger partial charge in [0, 0.05) is 43.2 Å². The van der Waals surface area contributed by atoms with Gasteiger partial charge < -0.3 is 11.1 Å². The normalized spacial score (nSPS) is 14.1. The van der Waals surface area contributed by atoms with Gasteiger partial charge in [-0.25, -0.2) is 8.42 Å². The van der Waals surface area contributed by atoms with Crippen molar-refractivity contribution in [3.05, 3.63) is 71.2 Å². The van der Waals surface area contributed by atoms with E-state index in [1.165, 1.54) is 34.9 Å². The largest absolute Gasteiger partial charge is 0.366 e. The second-order valence-corrected chi connectivity index (χ2v) is 8.61. The number of carbonyl (C=O) groups is 2. The van der Waals surface area contributed by atoms with Crippen molar-refractivity contribution >= 4 is 27.7 Å². The molecule has 0 unspecified atom stereocenters. The zero-order valence-corrected chi connectivity index (χ0v) is 16.5. The Kier molecular flexibility index (Phi) is 5.06. The van der Waals surface area contributed by atoms with Crippen LogP contribution in [0.25, 0.3) is 0 Å². The number of carbonyl (C=O) groups excluding carboxylic acids is 2. The van der Waals surface area contributed by atoms with Crippen LogP contribution in [0.5, 0.6) is 0 Å². The summed E-state index contributed by atoms with van der Waals surface area (Å²) in [5.41, 5.74) is 6.84. The molecule has 2 amide bonds. The fourth-order valence-electron chi connectivity index (χ4n) is 3.30. The van der Waals surface area contributed by atoms with Crippen LogP contribution in [0.4, 0.5) is 5.82 Å². The Morgan fingerprint density at radius 3 is 2.60 bits per heavy atom. The molecule has 3 aromatic rings. The number of primary amides is 1. The van der Waals surface area contributed by atoms with Gasteiger partial charge in [-0.05, 0) is 24.3 Å². The molecule has 0 fully saturated rings. The predicted molar refractivity (Wildman–Crippen MR) is 107 cm³/mol. The summed E-state index contributed by atoms with van der Waals surface area (Å²) >= 11 is 0. The topological polar surface area (TPSA) is 151 Å². The van der Waals surface area contributed by atoms with E-state index < -0.39 is 21.8 Å². The van der Waals surface area contributed by atoms with Gasteiger partial charge in [-0.1, -0.05) is 12.1 Å². The van der Waals surface area contributed by atoms with Gasteiger partial charge in [-0.15, -0.1) is 0 Å². The van der Waals surface area contributed by atoms with Crippen molar-refractivity contribution in [2.45, 2.75) is 17.9 Å². The van der Waals surface area contributed by atoms with E-state index in [2.05, 4.69) is 20.5 Å². The number of pyridine rings is 1. The summed E-state index contributed by atoms with van der Waals surface area (Å²) < 4.78 is 27.1. The standard InChI is InChI=1S/C19H18N6O4S/c20-17(26)13-5-1-2-6-14(13)19(27)22-18-15-11-25(9-7-16(15)23-24-18)30(28,29)12-4-3-8-21-10-12/h1-6,8,10H,7,9,11H2,(H2,20,26)(H2,22,23,24,27). The van der Waals surface area contributed by atoms with Crippen molar-refractivity contribution < 1.29 is 18.0 Å². The highest BCUT2D eigenvalue weighted by Gasteiger charge is 2.31. The fraction of sp³-hybridized carbons (Fsp3) is 0.158. The van der Waals surface area contributed by atoms with Crippen LogP contribution in [0.2, 0.25) is 0 Å². The molecule has 0 spiro atoms. The number of hydrogen-bond donors (Lipinski definition) is 3. The van der Waals surface area contributed by atoms with E-state index in [4.69, 9.17) is 5.73 Å². The van der Waals surface area contributed by atoms with Gasteiger partial charge in [0.1, 0.15) is 4.90 Å². The van der Waals surface area contributed by atoms with Crippen LogP contribution in [0.1, 0.15) is 32.0 Å². The van der Waals surface area contributed by atoms with Gasteiger partial charge in [0.05, 0.1) is 11.1 Å². The number of nitrogens with zero attached hydrogens (tertiary/aromatic N) is 3. The molecule has 4 rings (SSSR count). The van der Waals surface area contributed by atoms with Crippen LogP contribution in [-0.2, 0) is 23.0 Å². The van der Waals surface area contributed by atoms with Crippen molar-refractivity contribution in [2.24, 2.45) is 5.73 Å². The highest BCUT2D eigenvalue weighted by atomic mass is 32.2. The minimum absolute atomic E-state index is 0.0378. The Morgan fingerprint density at radius 1 is 1.13 bits per heavy atom. The Labute approximate surface area is 172 Å². The van der Waals surface area contributed by atoms with Gasteiger partial charge >= 0.3 is 0 Å². The zero-order chi connectivity index (χ0) is 21.3. The SMILES string of the molecule is NC(=O)c1ccccc1C(=O)Nc1n[nH]c2c1CN(S(=O)(=O)c1cccnc1)CC2. The van der Waals surface area contributed by atoms with Crippen LogP contribution in [0.3, 0.4) is 0 Å². The van der Waals surface area contributed by atoms with Gasteiger partial charge in [0.25, 0.3) is 5.91 Å². The molecule has 1 aromatic carbocycles. The van der Waals surface area contributed by atoms with E-state index in [9.17, 15) is 18.0 Å². The number of amides is 2. The summed E-state index contributed by atoms with van der Waals surface area (Å²) in [6, 6.07) is 9.20. The molecular formula is C19H18N6O4S. The summed E-state index contributed by atoms with van der Waals surface area (Å²) in [4.78, 5) is 28.3. The number of hydrogen-bond acceptors (Lipinski definition) is 6. The smallest absolute Gasteiger partial charge is 0.257 e. The molecule has 30 heavy (non-hydrogen) atoms. The number of nitrogens with one attached hydrogen (secondary N) is 2. The highest BCUT2D eigenvalue weighted by molar-refractivity contribution is 7.89. The van der Waals surface area contributed by atoms with Gasteiger partial charge in [-0.3, -0.25) is 19.7 Å². The molecule has 1 aliphatic rings. The Balaban J connectivity index is 1.60. The molecule has 2 aromatic heterocycles. The van der Waals surface area contributed by atoms with Crippen molar-refractivity contribution in [3.63, 3.8) is 0 Å². The average molecular weight is 426 g/mol. The first-order chi connectivity index (χ1) is 14.4. The van der Waals surface area contributed by atoms with E-state index >= 15 is 0 Å². The number of sulfonamides is 1. The summed E-state index contributed by atoms with van der Waals surface area (Å²) in [6.45, 7) is 0.306. The molecule has 3 heterocycles. The molecule has 0 saturated carbocycles. The number of fused-ring (bicyclic) bond motifs is 1. The van der Waals surface area contributed by atoms with Crippen LogP contribution >= 0.6 is 0 Å². The first kappa shape index (κ1) is 19.7. The average Bonchev–Trinajstić information content (AvgIpc) is 3.16. The first-order valence-corrected chi connectivity index (χ1v) is 10.5. The molecule has 10 nitrogen and oxygen atoms in total. The summed E-state index contributed by atoms with van der Waals surface area (Å²) in [5, 5.41) is 9.61. The molecule has 0 aliphatic carbocycles. The lowest BCUT2D eigenvalue weighted by atomic mass is 10.1. The van der Waals surface area contributed by atoms with E-state index in [1.807, 2.05) is 0 Å². The van der Waals surface area contributed by atoms with Crippen LogP contribution in [0, 0.1) is 0 Å². The minimum atomic E-state index is -3.74. The first-order valence-electron chi connectivity index (χ1n) is 9.04. The number of anilines is 1. The number of nitrogens with two attached hydrogens (primary N) is 1. The maximum absolute atomic E-state index is 12.9. The second-order valence-electron chi connectivity index (χ2n) is 6.67. The molecule has 1 aliphatic heterocycles. The van der Waals surface area contributed by atoms with E-state index in [-0.39, 0.29) is 34.9 Å². The molecule has 11 heteroatoms. The third kappa shape index (κ3) is 3.55. The van der Waals surface area contributed by atoms with E-state index in [0.29, 0.717) is 12.0 Å². The van der Waals surface area contributed by atoms with Crippen molar-refractivity contribution in [1.82, 2.24) is 19.5 Å². The summed E-state index contributed by atoms with van der Waals surface area (Å²) in [6.07, 6.45) is 3.21. The highest BCUT2D eigenvalue weighted by Crippen LogP contribution is 2.28. The number of benzene rings is 1. The maximum Gasteiger partial charge on any atom is 0.257 e.